The number of unbranched alkanes of at least 4 members (excludes halogenated alkanes) is 6. The van der Waals surface area contributed by atoms with E-state index in [0.717, 1.165) is 64.2 Å². The average Bonchev–Trinajstić information content (AvgIpc) is 2.74. The molecule has 0 heterocycles. The highest BCUT2D eigenvalue weighted by molar-refractivity contribution is 6.29. The fourth-order valence-electron chi connectivity index (χ4n) is 3.89. The van der Waals surface area contributed by atoms with Gasteiger partial charge >= 0.3 is 5.97 Å². The van der Waals surface area contributed by atoms with Crippen molar-refractivity contribution in [1.29, 1.82) is 0 Å². The van der Waals surface area contributed by atoms with Gasteiger partial charge in [0, 0.05) is 26.9 Å². The number of aliphatic carboxylic acids is 1. The molecule has 0 rings (SSSR count). The molecule has 2 nitrogen and oxygen atoms in total. The summed E-state index contributed by atoms with van der Waals surface area (Å²) in [5.74, 6) is -0.928. The van der Waals surface area contributed by atoms with Gasteiger partial charge in [-0.3, -0.25) is 4.79 Å². The van der Waals surface area contributed by atoms with Crippen LogP contribution in [-0.2, 0) is 4.79 Å². The van der Waals surface area contributed by atoms with E-state index in [9.17, 15) is 9.90 Å². The minimum Gasteiger partial charge on any atom is -0.481 e. The maximum Gasteiger partial charge on any atom is 0.306 e. The Balaban J connectivity index is 3.74. The van der Waals surface area contributed by atoms with Gasteiger partial charge in [-0.2, -0.15) is 0 Å². The van der Waals surface area contributed by atoms with Crippen LogP contribution in [0.1, 0.15) is 117 Å². The molecule has 0 aromatic rings. The molecule has 0 aliphatic heterocycles. The smallest absolute Gasteiger partial charge is 0.306 e. The van der Waals surface area contributed by atoms with Crippen molar-refractivity contribution >= 4 is 64.0 Å². The van der Waals surface area contributed by atoms with Gasteiger partial charge in [-0.05, 0) is 58.3 Å². The van der Waals surface area contributed by atoms with Crippen molar-refractivity contribution in [3.05, 3.63) is 0 Å². The first-order chi connectivity index (χ1) is 15.2. The van der Waals surface area contributed by atoms with Crippen molar-refractivity contribution < 1.29 is 9.90 Å². The molecule has 0 aromatic heterocycles. The quantitative estimate of drug-likeness (QED) is 0.107. The maximum atomic E-state index is 11.6. The van der Waals surface area contributed by atoms with Crippen LogP contribution in [0.5, 0.6) is 0 Å². The molecule has 0 spiro atoms. The van der Waals surface area contributed by atoms with E-state index in [0.29, 0.717) is 6.42 Å². The molecule has 0 radical (unpaired) electrons. The largest absolute Gasteiger partial charge is 0.481 e. The van der Waals surface area contributed by atoms with E-state index in [1.807, 2.05) is 6.92 Å². The molecule has 192 valence electrons. The van der Waals surface area contributed by atoms with Crippen molar-refractivity contribution in [3.8, 4) is 0 Å². The lowest BCUT2D eigenvalue weighted by Crippen LogP contribution is -2.15. The van der Waals surface area contributed by atoms with E-state index in [-0.39, 0.29) is 32.8 Å². The van der Waals surface area contributed by atoms with Crippen LogP contribution in [0.4, 0.5) is 0 Å². The lowest BCUT2D eigenvalue weighted by Gasteiger charge is -2.16. The number of rotatable bonds is 22. The van der Waals surface area contributed by atoms with Crippen LogP contribution < -0.4 is 0 Å². The molecular formula is C25H45Cl5O2. The van der Waals surface area contributed by atoms with Crippen LogP contribution in [0.15, 0.2) is 0 Å². The highest BCUT2D eigenvalue weighted by atomic mass is 35.5. The SMILES string of the molecule is CCC(Cl)CC(Cl)CCCCCCCCCC(CCCC(Cl)CCC(Cl)C(C)Cl)C(=O)O. The molecule has 0 amide bonds. The van der Waals surface area contributed by atoms with Crippen LogP contribution in [0, 0.1) is 5.92 Å². The number of alkyl halides is 5. The van der Waals surface area contributed by atoms with Crippen LogP contribution in [-0.4, -0.2) is 38.0 Å². The van der Waals surface area contributed by atoms with E-state index in [2.05, 4.69) is 6.92 Å². The van der Waals surface area contributed by atoms with Gasteiger partial charge in [-0.1, -0.05) is 58.3 Å². The van der Waals surface area contributed by atoms with Crippen molar-refractivity contribution in [2.45, 2.75) is 143 Å². The first-order valence-corrected chi connectivity index (χ1v) is 14.8. The third-order valence-electron chi connectivity index (χ3n) is 6.20. The van der Waals surface area contributed by atoms with Gasteiger partial charge in [-0.15, -0.1) is 58.0 Å². The van der Waals surface area contributed by atoms with E-state index in [4.69, 9.17) is 58.0 Å². The van der Waals surface area contributed by atoms with Crippen LogP contribution in [0.2, 0.25) is 0 Å². The average molecular weight is 555 g/mol. The van der Waals surface area contributed by atoms with E-state index >= 15 is 0 Å². The van der Waals surface area contributed by atoms with Gasteiger partial charge in [0.05, 0.1) is 5.92 Å². The third-order valence-corrected chi connectivity index (χ3v) is 8.55. The minimum atomic E-state index is -0.675. The number of carboxylic acids is 1. The summed E-state index contributed by atoms with van der Waals surface area (Å²) >= 11 is 31.0. The van der Waals surface area contributed by atoms with Gasteiger partial charge in [-0.25, -0.2) is 0 Å². The molecule has 32 heavy (non-hydrogen) atoms. The summed E-state index contributed by atoms with van der Waals surface area (Å²) < 4.78 is 0. The van der Waals surface area contributed by atoms with Crippen LogP contribution >= 0.6 is 58.0 Å². The summed E-state index contributed by atoms with van der Waals surface area (Å²) in [7, 11) is 0. The number of halogens is 5. The lowest BCUT2D eigenvalue weighted by molar-refractivity contribution is -0.142. The molecule has 0 saturated heterocycles. The predicted octanol–water partition coefficient (Wildman–Crippen LogP) is 10.0. The normalized spacial score (nSPS) is 17.5. The van der Waals surface area contributed by atoms with Gasteiger partial charge in [0.1, 0.15) is 0 Å². The first-order valence-electron chi connectivity index (χ1n) is 12.6. The molecule has 0 saturated carbocycles. The Hall–Kier alpha value is 0.920. The fourth-order valence-corrected chi connectivity index (χ4v) is 5.10. The standard InChI is InChI=1S/C25H45Cl5O2/c1-3-21(27)18-23(29)14-10-8-6-4-5-7-9-12-20(25(31)32)13-11-15-22(28)16-17-24(30)19(2)26/h19-24H,3-18H2,1-2H3,(H,31,32). The Morgan fingerprint density at radius 1 is 0.656 bits per heavy atom. The maximum absolute atomic E-state index is 11.6. The summed E-state index contributed by atoms with van der Waals surface area (Å²) in [5.41, 5.74) is 0. The third kappa shape index (κ3) is 19.2. The second-order valence-electron chi connectivity index (χ2n) is 9.22. The minimum absolute atomic E-state index is 0.0400. The Labute approximate surface area is 222 Å². The zero-order valence-corrected chi connectivity index (χ0v) is 23.8. The van der Waals surface area contributed by atoms with E-state index < -0.39 is 5.97 Å². The Morgan fingerprint density at radius 2 is 1.16 bits per heavy atom. The Morgan fingerprint density at radius 3 is 1.69 bits per heavy atom. The summed E-state index contributed by atoms with van der Waals surface area (Å²) in [5, 5.41) is 9.82. The Kier molecular flexibility index (Phi) is 21.8. The van der Waals surface area contributed by atoms with E-state index in [1.54, 1.807) is 0 Å². The number of carbonyl (C=O) groups is 1. The van der Waals surface area contributed by atoms with Crippen molar-refractivity contribution in [2.75, 3.05) is 0 Å². The molecule has 1 N–H and O–H groups in total. The van der Waals surface area contributed by atoms with Crippen molar-refractivity contribution in [1.82, 2.24) is 0 Å². The number of hydrogen-bond donors (Lipinski definition) is 1. The number of hydrogen-bond acceptors (Lipinski definition) is 1. The van der Waals surface area contributed by atoms with Crippen molar-refractivity contribution in [3.63, 3.8) is 0 Å². The molecule has 0 aliphatic rings. The Bertz CT molecular complexity index is 450. The molecular weight excluding hydrogens is 510 g/mol. The van der Waals surface area contributed by atoms with Crippen LogP contribution in [0.25, 0.3) is 0 Å². The summed E-state index contributed by atoms with van der Waals surface area (Å²) in [6, 6.07) is 0. The molecule has 0 aliphatic carbocycles. The second kappa shape index (κ2) is 21.2. The van der Waals surface area contributed by atoms with Gasteiger partial charge in [0.15, 0.2) is 0 Å². The molecule has 0 bridgehead atoms. The fraction of sp³-hybridized carbons (Fsp3) is 0.960. The van der Waals surface area contributed by atoms with Gasteiger partial charge < -0.3 is 5.11 Å². The molecule has 6 unspecified atom stereocenters. The predicted molar refractivity (Wildman–Crippen MR) is 145 cm³/mol. The zero-order chi connectivity index (χ0) is 24.4. The first kappa shape index (κ1) is 32.9. The summed E-state index contributed by atoms with van der Waals surface area (Å²) in [6.45, 7) is 3.99. The topological polar surface area (TPSA) is 37.3 Å². The summed E-state index contributed by atoms with van der Waals surface area (Å²) in [4.78, 5) is 11.6. The van der Waals surface area contributed by atoms with E-state index in [1.165, 1.54) is 32.1 Å². The monoisotopic (exact) mass is 552 g/mol. The van der Waals surface area contributed by atoms with Gasteiger partial charge in [0.25, 0.3) is 0 Å². The van der Waals surface area contributed by atoms with Crippen molar-refractivity contribution in [2.24, 2.45) is 5.92 Å². The molecule has 0 aromatic carbocycles. The second-order valence-corrected chi connectivity index (χ2v) is 12.3. The highest BCUT2D eigenvalue weighted by Gasteiger charge is 2.18. The lowest BCUT2D eigenvalue weighted by atomic mass is 9.94. The number of carboxylic acid groups (broad SMARTS) is 1. The molecule has 6 atom stereocenters. The zero-order valence-electron chi connectivity index (χ0n) is 20.0. The molecule has 0 fully saturated rings. The van der Waals surface area contributed by atoms with Gasteiger partial charge in [0.2, 0.25) is 0 Å². The van der Waals surface area contributed by atoms with Crippen LogP contribution in [0.3, 0.4) is 0 Å². The highest BCUT2D eigenvalue weighted by Crippen LogP contribution is 2.24. The summed E-state index contributed by atoms with van der Waals surface area (Å²) in [6.07, 6.45) is 15.8. The molecule has 7 heteroatoms.